The van der Waals surface area contributed by atoms with Crippen LogP contribution < -0.4 is 21.7 Å². The number of ether oxygens (including phenoxy) is 3. The van der Waals surface area contributed by atoms with Crippen molar-refractivity contribution in [1.29, 1.82) is 0 Å². The number of nitrogens with one attached hydrogen (secondary N) is 3. The van der Waals surface area contributed by atoms with Crippen molar-refractivity contribution >= 4 is 5.91 Å². The van der Waals surface area contributed by atoms with Gasteiger partial charge in [0.25, 0.3) is 0 Å². The summed E-state index contributed by atoms with van der Waals surface area (Å²) in [6.07, 6.45) is -4.43. The van der Waals surface area contributed by atoms with Crippen molar-refractivity contribution in [3.05, 3.63) is 0 Å². The van der Waals surface area contributed by atoms with Crippen LogP contribution in [-0.2, 0) is 19.0 Å². The highest BCUT2D eigenvalue weighted by molar-refractivity contribution is 5.82. The highest BCUT2D eigenvalue weighted by Crippen LogP contribution is 2.42. The van der Waals surface area contributed by atoms with Crippen molar-refractivity contribution in [2.75, 3.05) is 14.1 Å². The molecule has 8 N–H and O–H groups in total. The van der Waals surface area contributed by atoms with Gasteiger partial charge in [-0.15, -0.1) is 0 Å². The van der Waals surface area contributed by atoms with Gasteiger partial charge in [0, 0.05) is 0 Å². The largest absolute Gasteiger partial charge is 0.390 e. The van der Waals surface area contributed by atoms with Crippen molar-refractivity contribution < 1.29 is 34.3 Å². The second-order valence-electron chi connectivity index (χ2n) is 9.03. The minimum atomic E-state index is -2.01. The van der Waals surface area contributed by atoms with Crippen LogP contribution in [0.25, 0.3) is 0 Å². The Hall–Kier alpha value is -0.890. The Morgan fingerprint density at radius 2 is 1.81 bits per heavy atom. The summed E-state index contributed by atoms with van der Waals surface area (Å²) in [5.74, 6) is -2.44. The summed E-state index contributed by atoms with van der Waals surface area (Å²) in [4.78, 5) is 12.7. The molecule has 2 heterocycles. The first-order valence-corrected chi connectivity index (χ1v) is 11.1. The molecule has 0 aromatic carbocycles. The molecule has 0 spiro atoms. The van der Waals surface area contributed by atoms with Gasteiger partial charge >= 0.3 is 0 Å². The zero-order valence-electron chi connectivity index (χ0n) is 18.8. The second kappa shape index (κ2) is 9.54. The molecule has 0 aromatic heterocycles. The minimum absolute atomic E-state index is 0.0357. The lowest BCUT2D eigenvalue weighted by atomic mass is 9.79. The normalized spacial score (nSPS) is 47.1. The topological polar surface area (TPSA) is 168 Å². The van der Waals surface area contributed by atoms with E-state index in [2.05, 4.69) is 16.0 Å². The lowest BCUT2D eigenvalue weighted by molar-refractivity contribution is -0.449. The number of carbonyl (C=O) groups is 1. The quantitative estimate of drug-likeness (QED) is 0.229. The number of nitrogens with two attached hydrogens (primary N) is 1. The number of aliphatic hydroxyl groups is 3. The average molecular weight is 447 g/mol. The molecule has 0 bridgehead atoms. The van der Waals surface area contributed by atoms with Gasteiger partial charge in [-0.25, -0.2) is 0 Å². The molecular weight excluding hydrogens is 408 g/mol. The molecule has 0 radical (unpaired) electrons. The Kier molecular flexibility index (Phi) is 7.61. The van der Waals surface area contributed by atoms with Crippen molar-refractivity contribution in [2.45, 2.75) is 100 Å². The van der Waals surface area contributed by atoms with Crippen LogP contribution in [0.5, 0.6) is 0 Å². The number of rotatable bonds is 6. The molecule has 3 rings (SSSR count). The van der Waals surface area contributed by atoms with Crippen molar-refractivity contribution in [3.63, 3.8) is 0 Å². The van der Waals surface area contributed by atoms with E-state index in [1.54, 1.807) is 21.0 Å². The van der Waals surface area contributed by atoms with Gasteiger partial charge in [-0.2, -0.15) is 0 Å². The third-order valence-corrected chi connectivity index (χ3v) is 7.03. The van der Waals surface area contributed by atoms with Crippen LogP contribution in [0.15, 0.2) is 0 Å². The molecular formula is C20H38N4O7. The van der Waals surface area contributed by atoms with Crippen molar-refractivity contribution in [1.82, 2.24) is 16.0 Å². The first-order valence-electron chi connectivity index (χ1n) is 11.1. The van der Waals surface area contributed by atoms with E-state index in [0.29, 0.717) is 0 Å². The standard InChI is InChI=1S/C20H38N4O7/c1-6-8(2)11(21)18(27)24-10-7-9(3)29-19-20(10,28)31-16-13(23-5)14(25)12(22-4)15(26)17(16)30-19/h8-17,19,22-23,25-26,28H,6-7,21H2,1-5H3,(H,24,27)/t8-,9+,10+,11-,12+,13-,14-,15-,16?,17?,19?,20-/m0/s1. The Balaban J connectivity index is 1.86. The summed E-state index contributed by atoms with van der Waals surface area (Å²) in [7, 11) is 3.29. The molecule has 3 aliphatic rings. The Morgan fingerprint density at radius 1 is 1.16 bits per heavy atom. The molecule has 11 heteroatoms. The number of hydrogen-bond acceptors (Lipinski definition) is 10. The number of likely N-dealkylation sites (N-methyl/N-ethyl adjacent to an activating group) is 2. The van der Waals surface area contributed by atoms with Gasteiger partial charge < -0.3 is 51.2 Å². The summed E-state index contributed by atoms with van der Waals surface area (Å²) >= 11 is 0. The maximum atomic E-state index is 12.7. The van der Waals surface area contributed by atoms with E-state index in [4.69, 9.17) is 19.9 Å². The van der Waals surface area contributed by atoms with Crippen molar-refractivity contribution in [3.8, 4) is 0 Å². The fourth-order valence-electron chi connectivity index (χ4n) is 4.80. The third-order valence-electron chi connectivity index (χ3n) is 7.03. The Labute approximate surface area is 183 Å². The predicted molar refractivity (Wildman–Crippen MR) is 111 cm³/mol. The molecule has 1 aliphatic carbocycles. The smallest absolute Gasteiger partial charge is 0.239 e. The van der Waals surface area contributed by atoms with E-state index in [0.717, 1.165) is 6.42 Å². The number of amides is 1. The molecule has 2 aliphatic heterocycles. The van der Waals surface area contributed by atoms with E-state index in [9.17, 15) is 20.1 Å². The van der Waals surface area contributed by atoms with Crippen LogP contribution in [-0.4, -0.2) is 102 Å². The van der Waals surface area contributed by atoms with Crippen LogP contribution in [0.4, 0.5) is 0 Å². The van der Waals surface area contributed by atoms with Gasteiger partial charge in [-0.3, -0.25) is 4.79 Å². The van der Waals surface area contributed by atoms with Gasteiger partial charge in [0.05, 0.1) is 36.4 Å². The lowest BCUT2D eigenvalue weighted by Crippen LogP contribution is -2.79. The molecule has 1 amide bonds. The second-order valence-corrected chi connectivity index (χ2v) is 9.03. The van der Waals surface area contributed by atoms with Crippen LogP contribution in [0, 0.1) is 5.92 Å². The monoisotopic (exact) mass is 446 g/mol. The number of carbonyl (C=O) groups excluding carboxylic acids is 1. The molecule has 2 saturated heterocycles. The number of hydrogen-bond donors (Lipinski definition) is 7. The van der Waals surface area contributed by atoms with Gasteiger partial charge in [0.2, 0.25) is 18.0 Å². The fraction of sp³-hybridized carbons (Fsp3) is 0.950. The van der Waals surface area contributed by atoms with Gasteiger partial charge in [0.15, 0.2) is 0 Å². The lowest BCUT2D eigenvalue weighted by Gasteiger charge is -2.58. The zero-order chi connectivity index (χ0) is 23.1. The summed E-state index contributed by atoms with van der Waals surface area (Å²) in [6.45, 7) is 5.64. The Morgan fingerprint density at radius 3 is 2.39 bits per heavy atom. The van der Waals surface area contributed by atoms with E-state index < -0.39 is 66.6 Å². The molecule has 1 saturated carbocycles. The summed E-state index contributed by atoms with van der Waals surface area (Å²) < 4.78 is 17.9. The van der Waals surface area contributed by atoms with E-state index in [-0.39, 0.29) is 18.4 Å². The molecule has 12 atom stereocenters. The molecule has 11 nitrogen and oxygen atoms in total. The maximum absolute atomic E-state index is 12.7. The van der Waals surface area contributed by atoms with E-state index >= 15 is 0 Å². The van der Waals surface area contributed by atoms with Gasteiger partial charge in [0.1, 0.15) is 18.3 Å². The molecule has 3 fully saturated rings. The highest BCUT2D eigenvalue weighted by Gasteiger charge is 2.63. The third kappa shape index (κ3) is 4.35. The van der Waals surface area contributed by atoms with Gasteiger partial charge in [-0.05, 0) is 33.4 Å². The number of fused-ring (bicyclic) bond motifs is 2. The van der Waals surface area contributed by atoms with Crippen LogP contribution in [0.3, 0.4) is 0 Å². The zero-order valence-corrected chi connectivity index (χ0v) is 18.8. The SMILES string of the molecule is CC[C@H](C)[C@H](N)C(=O)N[C@@H]1C[C@@H](C)OC2OC3C(O[C@]21O)[C@@H](NC)[C@@H](O)[C@@H](NC)[C@@H]3O. The van der Waals surface area contributed by atoms with E-state index in [1.807, 2.05) is 13.8 Å². The number of aliphatic hydroxyl groups excluding tert-OH is 2. The summed E-state index contributed by atoms with van der Waals surface area (Å²) in [6, 6.07) is -2.90. The van der Waals surface area contributed by atoms with Gasteiger partial charge in [-0.1, -0.05) is 20.3 Å². The first-order chi connectivity index (χ1) is 14.6. The summed E-state index contributed by atoms with van der Waals surface area (Å²) in [5.41, 5.74) is 6.07. The van der Waals surface area contributed by atoms with Crippen LogP contribution >= 0.6 is 0 Å². The first kappa shape index (κ1) is 24.7. The fourth-order valence-corrected chi connectivity index (χ4v) is 4.80. The molecule has 0 aromatic rings. The molecule has 31 heavy (non-hydrogen) atoms. The van der Waals surface area contributed by atoms with Crippen LogP contribution in [0.2, 0.25) is 0 Å². The molecule has 180 valence electrons. The van der Waals surface area contributed by atoms with Crippen LogP contribution in [0.1, 0.15) is 33.6 Å². The average Bonchev–Trinajstić information content (AvgIpc) is 2.73. The minimum Gasteiger partial charge on any atom is -0.390 e. The molecule has 3 unspecified atom stereocenters. The van der Waals surface area contributed by atoms with E-state index in [1.165, 1.54) is 0 Å². The van der Waals surface area contributed by atoms with Crippen molar-refractivity contribution in [2.24, 2.45) is 11.7 Å². The Bertz CT molecular complexity index is 643. The maximum Gasteiger partial charge on any atom is 0.239 e. The highest BCUT2D eigenvalue weighted by atomic mass is 16.8. The predicted octanol–water partition coefficient (Wildman–Crippen LogP) is -2.64. The summed E-state index contributed by atoms with van der Waals surface area (Å²) in [5, 5.41) is 41.7.